The molecule has 0 bridgehead atoms. The number of allylic oxidation sites excluding steroid dienone is 1. The molecule has 0 atom stereocenters. The van der Waals surface area contributed by atoms with Gasteiger partial charge in [0.2, 0.25) is 0 Å². The van der Waals surface area contributed by atoms with Gasteiger partial charge in [0.05, 0.1) is 0 Å². The molecule has 0 aliphatic heterocycles. The Kier molecular flexibility index (Phi) is 5.13. The zero-order valence-corrected chi connectivity index (χ0v) is 13.6. The first-order valence-corrected chi connectivity index (χ1v) is 8.91. The van der Waals surface area contributed by atoms with E-state index >= 15 is 0 Å². The second-order valence-electron chi connectivity index (χ2n) is 5.11. The summed E-state index contributed by atoms with van der Waals surface area (Å²) in [4.78, 5) is 11.6. The van der Waals surface area contributed by atoms with E-state index in [4.69, 9.17) is 0 Å². The van der Waals surface area contributed by atoms with E-state index in [1.54, 1.807) is 0 Å². The molecule has 3 rings (SSSR count). The molecule has 0 fully saturated rings. The Hall–Kier alpha value is -2.50. The molecular weight excluding hydrogens is 299 g/mol. The average molecular weight is 316 g/mol. The van der Waals surface area contributed by atoms with Crippen LogP contribution in [0.25, 0.3) is 5.57 Å². The number of benzene rings is 3. The normalized spacial score (nSPS) is 11.4. The molecule has 0 saturated carbocycles. The van der Waals surface area contributed by atoms with Crippen LogP contribution in [-0.2, 0) is 4.79 Å². The lowest BCUT2D eigenvalue weighted by atomic mass is 10.1. The Morgan fingerprint density at radius 1 is 0.652 bits per heavy atom. The first-order valence-electron chi connectivity index (χ1n) is 7.50. The molecule has 0 unspecified atom stereocenters. The van der Waals surface area contributed by atoms with E-state index in [0.717, 1.165) is 17.4 Å². The summed E-state index contributed by atoms with van der Waals surface area (Å²) in [7, 11) is -0.713. The fourth-order valence-electron chi connectivity index (χ4n) is 2.42. The van der Waals surface area contributed by atoms with E-state index in [-0.39, 0.29) is 0 Å². The standard InChI is InChI=1S/C21H17OP/c22-16-19(18-10-4-1-5-11-18)17-23(20-12-6-2-7-13-20)21-14-8-3-9-15-21/h1-17H/b19-17+. The molecule has 0 radical (unpaired) electrons. The summed E-state index contributed by atoms with van der Waals surface area (Å²) in [6.07, 6.45) is 0.955. The van der Waals surface area contributed by atoms with Crippen molar-refractivity contribution in [2.24, 2.45) is 0 Å². The highest BCUT2D eigenvalue weighted by Crippen LogP contribution is 2.37. The Labute approximate surface area is 138 Å². The van der Waals surface area contributed by atoms with Gasteiger partial charge in [0.25, 0.3) is 0 Å². The van der Waals surface area contributed by atoms with E-state index in [1.165, 1.54) is 10.6 Å². The molecule has 3 aromatic carbocycles. The van der Waals surface area contributed by atoms with Crippen LogP contribution in [-0.4, -0.2) is 6.29 Å². The van der Waals surface area contributed by atoms with Crippen molar-refractivity contribution in [3.05, 3.63) is 102 Å². The summed E-state index contributed by atoms with van der Waals surface area (Å²) in [6, 6.07) is 30.6. The van der Waals surface area contributed by atoms with Gasteiger partial charge in [-0.3, -0.25) is 4.79 Å². The van der Waals surface area contributed by atoms with Gasteiger partial charge in [-0.15, -0.1) is 0 Å². The minimum atomic E-state index is -0.713. The largest absolute Gasteiger partial charge is 0.298 e. The number of hydrogen-bond donors (Lipinski definition) is 0. The van der Waals surface area contributed by atoms with Crippen LogP contribution in [0.4, 0.5) is 0 Å². The van der Waals surface area contributed by atoms with E-state index in [2.05, 4.69) is 30.1 Å². The van der Waals surface area contributed by atoms with Crippen molar-refractivity contribution >= 4 is 30.4 Å². The summed E-state index contributed by atoms with van der Waals surface area (Å²) < 4.78 is 0. The van der Waals surface area contributed by atoms with Crippen molar-refractivity contribution in [1.29, 1.82) is 0 Å². The monoisotopic (exact) mass is 316 g/mol. The molecule has 1 nitrogen and oxygen atoms in total. The third-order valence-electron chi connectivity index (χ3n) is 3.57. The Balaban J connectivity index is 2.09. The fourth-order valence-corrected chi connectivity index (χ4v) is 4.49. The van der Waals surface area contributed by atoms with E-state index in [1.807, 2.05) is 66.7 Å². The second kappa shape index (κ2) is 7.67. The lowest BCUT2D eigenvalue weighted by Crippen LogP contribution is -2.10. The van der Waals surface area contributed by atoms with Gasteiger partial charge in [-0.1, -0.05) is 91.0 Å². The van der Waals surface area contributed by atoms with Gasteiger partial charge in [-0.2, -0.15) is 0 Å². The number of carbonyl (C=O) groups excluding carboxylic acids is 1. The Morgan fingerprint density at radius 3 is 1.52 bits per heavy atom. The van der Waals surface area contributed by atoms with Crippen molar-refractivity contribution in [1.82, 2.24) is 0 Å². The van der Waals surface area contributed by atoms with Crippen LogP contribution < -0.4 is 10.6 Å². The molecule has 0 saturated heterocycles. The van der Waals surface area contributed by atoms with Gasteiger partial charge in [-0.05, 0) is 29.9 Å². The smallest absolute Gasteiger partial charge is 0.150 e. The molecule has 23 heavy (non-hydrogen) atoms. The van der Waals surface area contributed by atoms with Gasteiger partial charge in [0.15, 0.2) is 6.29 Å². The van der Waals surface area contributed by atoms with Gasteiger partial charge < -0.3 is 0 Å². The number of rotatable bonds is 5. The lowest BCUT2D eigenvalue weighted by Gasteiger charge is -2.15. The van der Waals surface area contributed by atoms with Crippen LogP contribution in [0.15, 0.2) is 96.8 Å². The topological polar surface area (TPSA) is 17.1 Å². The third-order valence-corrected chi connectivity index (χ3v) is 5.82. The van der Waals surface area contributed by atoms with E-state index in [9.17, 15) is 4.79 Å². The summed E-state index contributed by atoms with van der Waals surface area (Å²) in [5.41, 5.74) is 1.70. The van der Waals surface area contributed by atoms with Crippen molar-refractivity contribution < 1.29 is 4.79 Å². The zero-order chi connectivity index (χ0) is 15.9. The number of hydrogen-bond acceptors (Lipinski definition) is 1. The second-order valence-corrected chi connectivity index (χ2v) is 7.14. The predicted molar refractivity (Wildman–Crippen MR) is 99.6 cm³/mol. The van der Waals surface area contributed by atoms with Crippen molar-refractivity contribution in [2.45, 2.75) is 0 Å². The third kappa shape index (κ3) is 3.83. The maximum Gasteiger partial charge on any atom is 0.150 e. The molecule has 0 spiro atoms. The summed E-state index contributed by atoms with van der Waals surface area (Å²) in [5, 5.41) is 2.48. The molecule has 112 valence electrons. The first kappa shape index (κ1) is 15.4. The summed E-state index contributed by atoms with van der Waals surface area (Å²) >= 11 is 0. The van der Waals surface area contributed by atoms with Crippen molar-refractivity contribution in [3.8, 4) is 0 Å². The average Bonchev–Trinajstić information content (AvgIpc) is 2.65. The van der Waals surface area contributed by atoms with Crippen LogP contribution in [0.3, 0.4) is 0 Å². The van der Waals surface area contributed by atoms with Gasteiger partial charge >= 0.3 is 0 Å². The summed E-state index contributed by atoms with van der Waals surface area (Å²) in [6.45, 7) is 0. The quantitative estimate of drug-likeness (QED) is 0.388. The lowest BCUT2D eigenvalue weighted by molar-refractivity contribution is -0.103. The zero-order valence-electron chi connectivity index (χ0n) is 12.7. The highest BCUT2D eigenvalue weighted by Gasteiger charge is 2.12. The maximum absolute atomic E-state index is 11.6. The van der Waals surface area contributed by atoms with Gasteiger partial charge in [-0.25, -0.2) is 0 Å². The van der Waals surface area contributed by atoms with Crippen LogP contribution in [0.2, 0.25) is 0 Å². The minimum absolute atomic E-state index is 0.713. The molecule has 0 N–H and O–H groups in total. The molecule has 2 heteroatoms. The highest BCUT2D eigenvalue weighted by atomic mass is 31.1. The van der Waals surface area contributed by atoms with E-state index in [0.29, 0.717) is 0 Å². The summed E-state index contributed by atoms with van der Waals surface area (Å²) in [5.74, 6) is 2.11. The molecule has 0 amide bonds. The Morgan fingerprint density at radius 2 is 1.09 bits per heavy atom. The van der Waals surface area contributed by atoms with Crippen molar-refractivity contribution in [3.63, 3.8) is 0 Å². The molecule has 0 aliphatic rings. The molecule has 0 heterocycles. The van der Waals surface area contributed by atoms with E-state index < -0.39 is 7.92 Å². The number of aldehydes is 1. The van der Waals surface area contributed by atoms with Crippen LogP contribution in [0.5, 0.6) is 0 Å². The molecule has 0 aliphatic carbocycles. The van der Waals surface area contributed by atoms with Crippen LogP contribution in [0, 0.1) is 0 Å². The molecular formula is C21H17OP. The maximum atomic E-state index is 11.6. The SMILES string of the molecule is O=C/C(=C\P(c1ccccc1)c1ccccc1)c1ccccc1. The molecule has 0 aromatic heterocycles. The Bertz CT molecular complexity index is 740. The van der Waals surface area contributed by atoms with Gasteiger partial charge in [0.1, 0.15) is 0 Å². The molecule has 3 aromatic rings. The highest BCUT2D eigenvalue weighted by molar-refractivity contribution is 7.76. The minimum Gasteiger partial charge on any atom is -0.298 e. The predicted octanol–water partition coefficient (Wildman–Crippen LogP) is 4.36. The van der Waals surface area contributed by atoms with Crippen molar-refractivity contribution in [2.75, 3.05) is 0 Å². The fraction of sp³-hybridized carbons (Fsp3) is 0. The van der Waals surface area contributed by atoms with Gasteiger partial charge in [0, 0.05) is 5.57 Å². The van der Waals surface area contributed by atoms with Crippen LogP contribution in [0.1, 0.15) is 5.56 Å². The van der Waals surface area contributed by atoms with Crippen LogP contribution >= 0.6 is 7.92 Å². The first-order chi connectivity index (χ1) is 11.4. The number of carbonyl (C=O) groups is 1.